The third-order valence-electron chi connectivity index (χ3n) is 1.81. The number of halogens is 1. The standard InChI is InChI=1S/C11H17N.ClH/c1-10(12(2)3)9-11-7-5-4-6-8-11;/h4-8,10H,9H2,1-3H3;1H/i2D3,3D3;. The van der Waals surface area contributed by atoms with E-state index in [4.69, 9.17) is 8.22 Å². The van der Waals surface area contributed by atoms with Crippen molar-refractivity contribution in [3.8, 4) is 0 Å². The monoisotopic (exact) mass is 205 g/mol. The molecule has 0 radical (unpaired) electrons. The Hall–Kier alpha value is -0.530. The molecular weight excluding hydrogens is 182 g/mol. The van der Waals surface area contributed by atoms with Gasteiger partial charge in [-0.25, -0.2) is 0 Å². The molecule has 0 aliphatic heterocycles. The van der Waals surface area contributed by atoms with Crippen LogP contribution in [0.5, 0.6) is 0 Å². The van der Waals surface area contributed by atoms with Crippen LogP contribution in [0.4, 0.5) is 0 Å². The Balaban J connectivity index is 0.00000324. The highest BCUT2D eigenvalue weighted by atomic mass is 35.5. The maximum atomic E-state index is 7.34. The van der Waals surface area contributed by atoms with Crippen LogP contribution in [-0.4, -0.2) is 24.9 Å². The summed E-state index contributed by atoms with van der Waals surface area (Å²) in [5, 5.41) is 0. The van der Waals surface area contributed by atoms with Gasteiger partial charge in [0, 0.05) is 14.3 Å². The summed E-state index contributed by atoms with van der Waals surface area (Å²) in [5.41, 5.74) is 0.920. The minimum absolute atomic E-state index is 0. The maximum absolute atomic E-state index is 7.34. The van der Waals surface area contributed by atoms with Crippen molar-refractivity contribution < 1.29 is 8.22 Å². The van der Waals surface area contributed by atoms with E-state index in [1.165, 1.54) is 0 Å². The van der Waals surface area contributed by atoms with Crippen molar-refractivity contribution in [1.82, 2.24) is 4.90 Å². The second-order valence-electron chi connectivity index (χ2n) is 2.91. The molecule has 2 heteroatoms. The highest BCUT2D eigenvalue weighted by Crippen LogP contribution is 2.05. The fourth-order valence-electron chi connectivity index (χ4n) is 1.05. The van der Waals surface area contributed by atoms with Gasteiger partial charge >= 0.3 is 0 Å². The van der Waals surface area contributed by atoms with Crippen molar-refractivity contribution >= 4 is 12.4 Å². The molecule has 0 bridgehead atoms. The maximum Gasteiger partial charge on any atom is 0.0394 e. The van der Waals surface area contributed by atoms with E-state index in [0.29, 0.717) is 11.3 Å². The highest BCUT2D eigenvalue weighted by Gasteiger charge is 2.04. The van der Waals surface area contributed by atoms with E-state index in [0.717, 1.165) is 5.56 Å². The minimum atomic E-state index is -2.63. The Labute approximate surface area is 95.6 Å². The number of nitrogens with zero attached hydrogens (tertiary/aromatic N) is 1. The number of benzene rings is 1. The molecule has 1 unspecified atom stereocenters. The van der Waals surface area contributed by atoms with Gasteiger partial charge in [0.15, 0.2) is 0 Å². The fraction of sp³-hybridized carbons (Fsp3) is 0.455. The van der Waals surface area contributed by atoms with E-state index in [-0.39, 0.29) is 12.4 Å². The van der Waals surface area contributed by atoms with Gasteiger partial charge in [0.25, 0.3) is 0 Å². The van der Waals surface area contributed by atoms with E-state index in [2.05, 4.69) is 0 Å². The van der Waals surface area contributed by atoms with Crippen LogP contribution in [0, 0.1) is 0 Å². The molecular formula is C11H18ClN. The van der Waals surface area contributed by atoms with Crippen LogP contribution in [0.25, 0.3) is 0 Å². The zero-order chi connectivity index (χ0) is 14.0. The average Bonchev–Trinajstić information content (AvgIpc) is 2.13. The van der Waals surface area contributed by atoms with Crippen LogP contribution >= 0.6 is 12.4 Å². The lowest BCUT2D eigenvalue weighted by Crippen LogP contribution is -2.26. The molecule has 1 aromatic rings. The smallest absolute Gasteiger partial charge is 0.0394 e. The number of hydrogen-bond donors (Lipinski definition) is 0. The lowest BCUT2D eigenvalue weighted by molar-refractivity contribution is 0.312. The second kappa shape index (κ2) is 6.01. The van der Waals surface area contributed by atoms with Crippen molar-refractivity contribution in [3.63, 3.8) is 0 Å². The summed E-state index contributed by atoms with van der Waals surface area (Å²) < 4.78 is 44.0. The molecule has 0 aromatic heterocycles. The Bertz CT molecular complexity index is 361. The summed E-state index contributed by atoms with van der Waals surface area (Å²) in [4.78, 5) is 0.618. The summed E-state index contributed by atoms with van der Waals surface area (Å²) >= 11 is 0. The third-order valence-corrected chi connectivity index (χ3v) is 1.81. The fourth-order valence-corrected chi connectivity index (χ4v) is 1.05. The number of rotatable bonds is 3. The SMILES string of the molecule is Cl.[2H]C([2H])([2H])N(C(C)Cc1ccccc1)C([2H])([2H])[2H]. The van der Waals surface area contributed by atoms with Gasteiger partial charge in [0.1, 0.15) is 0 Å². The lowest BCUT2D eigenvalue weighted by atomic mass is 10.1. The minimum Gasteiger partial charge on any atom is -0.306 e. The Kier molecular flexibility index (Phi) is 2.48. The van der Waals surface area contributed by atoms with Crippen LogP contribution in [0.2, 0.25) is 0 Å². The Morgan fingerprint density at radius 2 is 1.92 bits per heavy atom. The summed E-state index contributed by atoms with van der Waals surface area (Å²) in [7, 11) is 0. The first kappa shape index (κ1) is 5.38. The summed E-state index contributed by atoms with van der Waals surface area (Å²) in [6.07, 6.45) is 0.387. The predicted octanol–water partition coefficient (Wildman–Crippen LogP) is 2.60. The molecule has 0 heterocycles. The summed E-state index contributed by atoms with van der Waals surface area (Å²) in [5.74, 6) is 0. The summed E-state index contributed by atoms with van der Waals surface area (Å²) in [6.45, 7) is -3.63. The van der Waals surface area contributed by atoms with E-state index < -0.39 is 20.0 Å². The van der Waals surface area contributed by atoms with Crippen LogP contribution in [-0.2, 0) is 6.42 Å². The van der Waals surface area contributed by atoms with Gasteiger partial charge in [-0.3, -0.25) is 0 Å². The lowest BCUT2D eigenvalue weighted by Gasteiger charge is -2.19. The Morgan fingerprint density at radius 1 is 1.31 bits per heavy atom. The van der Waals surface area contributed by atoms with Crippen LogP contribution in [0.1, 0.15) is 20.7 Å². The Morgan fingerprint density at radius 3 is 2.46 bits per heavy atom. The molecule has 0 amide bonds. The van der Waals surface area contributed by atoms with Gasteiger partial charge in [-0.2, -0.15) is 0 Å². The molecule has 0 fully saturated rings. The van der Waals surface area contributed by atoms with Crippen molar-refractivity contribution in [1.29, 1.82) is 0 Å². The molecule has 0 aliphatic rings. The zero-order valence-electron chi connectivity index (χ0n) is 13.5. The van der Waals surface area contributed by atoms with Crippen molar-refractivity contribution in [3.05, 3.63) is 35.9 Å². The van der Waals surface area contributed by atoms with Gasteiger partial charge < -0.3 is 4.90 Å². The van der Waals surface area contributed by atoms with E-state index in [1.54, 1.807) is 6.92 Å². The van der Waals surface area contributed by atoms with E-state index in [1.807, 2.05) is 30.3 Å². The van der Waals surface area contributed by atoms with Crippen LogP contribution < -0.4 is 0 Å². The van der Waals surface area contributed by atoms with Gasteiger partial charge in [-0.15, -0.1) is 12.4 Å². The van der Waals surface area contributed by atoms with Crippen molar-refractivity contribution in [2.75, 3.05) is 14.0 Å². The first-order valence-electron chi connectivity index (χ1n) is 6.96. The van der Waals surface area contributed by atoms with Gasteiger partial charge in [0.2, 0.25) is 0 Å². The number of hydrogen-bond acceptors (Lipinski definition) is 1. The molecule has 74 valence electrons. The second-order valence-corrected chi connectivity index (χ2v) is 2.91. The van der Waals surface area contributed by atoms with Crippen LogP contribution in [0.3, 0.4) is 0 Å². The van der Waals surface area contributed by atoms with E-state index in [9.17, 15) is 0 Å². The normalized spacial score (nSPS) is 21.1. The zero-order valence-corrected chi connectivity index (χ0v) is 8.34. The van der Waals surface area contributed by atoms with Crippen molar-refractivity contribution in [2.24, 2.45) is 0 Å². The molecule has 1 nitrogen and oxygen atoms in total. The predicted molar refractivity (Wildman–Crippen MR) is 60.5 cm³/mol. The van der Waals surface area contributed by atoms with Gasteiger partial charge in [0.05, 0.1) is 0 Å². The quantitative estimate of drug-likeness (QED) is 0.734. The van der Waals surface area contributed by atoms with Crippen LogP contribution in [0.15, 0.2) is 30.3 Å². The first-order valence-corrected chi connectivity index (χ1v) is 3.96. The first-order chi connectivity index (χ1) is 8.12. The molecule has 0 N–H and O–H groups in total. The molecule has 1 atom stereocenters. The summed E-state index contributed by atoms with van der Waals surface area (Å²) in [6, 6.07) is 8.67. The molecule has 13 heavy (non-hydrogen) atoms. The topological polar surface area (TPSA) is 3.24 Å². The number of likely N-dealkylation sites (N-methyl/N-ethyl adjacent to an activating group) is 1. The third kappa shape index (κ3) is 4.30. The van der Waals surface area contributed by atoms with Gasteiger partial charge in [-0.05, 0) is 32.9 Å². The van der Waals surface area contributed by atoms with Gasteiger partial charge in [-0.1, -0.05) is 30.3 Å². The van der Waals surface area contributed by atoms with E-state index >= 15 is 0 Å². The largest absolute Gasteiger partial charge is 0.306 e. The molecule has 0 aliphatic carbocycles. The average molecular weight is 206 g/mol. The molecule has 0 saturated carbocycles. The molecule has 0 spiro atoms. The highest BCUT2D eigenvalue weighted by molar-refractivity contribution is 5.85. The molecule has 1 aromatic carbocycles. The molecule has 1 rings (SSSR count). The molecule has 0 saturated heterocycles. The van der Waals surface area contributed by atoms with Crippen molar-refractivity contribution in [2.45, 2.75) is 19.4 Å².